The molecule has 0 aromatic carbocycles. The van der Waals surface area contributed by atoms with Gasteiger partial charge in [-0.1, -0.05) is 0 Å². The van der Waals surface area contributed by atoms with E-state index in [-0.39, 0.29) is 5.54 Å². The highest BCUT2D eigenvalue weighted by molar-refractivity contribution is 4.88. The number of hydrazine groups is 1. The summed E-state index contributed by atoms with van der Waals surface area (Å²) in [5, 5.41) is 3.43. The Balaban J connectivity index is 2.40. The predicted octanol–water partition coefficient (Wildman–Crippen LogP) is -0.0197. The zero-order chi connectivity index (χ0) is 7.61. The third-order valence-corrected chi connectivity index (χ3v) is 2.09. The van der Waals surface area contributed by atoms with E-state index in [9.17, 15) is 0 Å². The number of piperidine rings is 1. The number of hydrogen-bond acceptors (Lipinski definition) is 3. The second-order valence-corrected chi connectivity index (χ2v) is 3.67. The standard InChI is InChI=1S/C7H17N3/c1-7(2)5-6(10-8)3-4-9-7/h6,9-10H,3-5,8H2,1-2H3. The first-order chi connectivity index (χ1) is 4.64. The van der Waals surface area contributed by atoms with Crippen molar-refractivity contribution in [2.75, 3.05) is 6.54 Å². The van der Waals surface area contributed by atoms with Crippen molar-refractivity contribution in [3.8, 4) is 0 Å². The van der Waals surface area contributed by atoms with Crippen LogP contribution in [0.3, 0.4) is 0 Å². The summed E-state index contributed by atoms with van der Waals surface area (Å²) in [6.07, 6.45) is 2.25. The minimum atomic E-state index is 0.259. The largest absolute Gasteiger partial charge is 0.312 e. The van der Waals surface area contributed by atoms with Gasteiger partial charge in [0.05, 0.1) is 0 Å². The van der Waals surface area contributed by atoms with Crippen LogP contribution in [0.5, 0.6) is 0 Å². The van der Waals surface area contributed by atoms with E-state index >= 15 is 0 Å². The van der Waals surface area contributed by atoms with Crippen molar-refractivity contribution in [1.29, 1.82) is 0 Å². The molecule has 1 heterocycles. The van der Waals surface area contributed by atoms with E-state index in [0.29, 0.717) is 6.04 Å². The van der Waals surface area contributed by atoms with Gasteiger partial charge in [-0.15, -0.1) is 0 Å². The molecule has 10 heavy (non-hydrogen) atoms. The fourth-order valence-corrected chi connectivity index (χ4v) is 1.52. The Kier molecular flexibility index (Phi) is 2.28. The van der Waals surface area contributed by atoms with Crippen LogP contribution in [0.2, 0.25) is 0 Å². The first-order valence-electron chi connectivity index (χ1n) is 3.85. The van der Waals surface area contributed by atoms with Crippen LogP contribution in [0.1, 0.15) is 26.7 Å². The Hall–Kier alpha value is -0.120. The van der Waals surface area contributed by atoms with Crippen LogP contribution < -0.4 is 16.6 Å². The average Bonchev–Trinajstić information content (AvgIpc) is 1.86. The molecule has 1 aliphatic heterocycles. The second-order valence-electron chi connectivity index (χ2n) is 3.67. The zero-order valence-corrected chi connectivity index (χ0v) is 6.78. The monoisotopic (exact) mass is 143 g/mol. The van der Waals surface area contributed by atoms with E-state index in [1.165, 1.54) is 0 Å². The minimum Gasteiger partial charge on any atom is -0.312 e. The van der Waals surface area contributed by atoms with Gasteiger partial charge in [-0.05, 0) is 33.2 Å². The second kappa shape index (κ2) is 2.86. The first-order valence-corrected chi connectivity index (χ1v) is 3.85. The highest BCUT2D eigenvalue weighted by atomic mass is 15.2. The van der Waals surface area contributed by atoms with Crippen molar-refractivity contribution in [3.63, 3.8) is 0 Å². The summed E-state index contributed by atoms with van der Waals surface area (Å²) in [4.78, 5) is 0. The summed E-state index contributed by atoms with van der Waals surface area (Å²) in [6.45, 7) is 5.48. The summed E-state index contributed by atoms with van der Waals surface area (Å²) in [6, 6.07) is 0.497. The molecular weight excluding hydrogens is 126 g/mol. The van der Waals surface area contributed by atoms with Crippen molar-refractivity contribution in [1.82, 2.24) is 10.7 Å². The fourth-order valence-electron chi connectivity index (χ4n) is 1.52. The van der Waals surface area contributed by atoms with Gasteiger partial charge in [-0.25, -0.2) is 0 Å². The van der Waals surface area contributed by atoms with E-state index < -0.39 is 0 Å². The van der Waals surface area contributed by atoms with E-state index in [0.717, 1.165) is 19.4 Å². The maximum absolute atomic E-state index is 5.35. The van der Waals surface area contributed by atoms with E-state index in [1.807, 2.05) is 0 Å². The summed E-state index contributed by atoms with van der Waals surface area (Å²) in [5.74, 6) is 5.35. The average molecular weight is 143 g/mol. The fraction of sp³-hybridized carbons (Fsp3) is 1.00. The number of nitrogens with two attached hydrogens (primary N) is 1. The van der Waals surface area contributed by atoms with Crippen LogP contribution in [0, 0.1) is 0 Å². The van der Waals surface area contributed by atoms with Crippen LogP contribution in [0.25, 0.3) is 0 Å². The van der Waals surface area contributed by atoms with Gasteiger partial charge in [0.2, 0.25) is 0 Å². The molecular formula is C7H17N3. The molecule has 0 aromatic rings. The molecule has 1 rings (SSSR count). The Labute approximate surface area is 62.3 Å². The van der Waals surface area contributed by atoms with Gasteiger partial charge in [0, 0.05) is 11.6 Å². The van der Waals surface area contributed by atoms with Gasteiger partial charge in [0.1, 0.15) is 0 Å². The minimum absolute atomic E-state index is 0.259. The Morgan fingerprint density at radius 2 is 2.30 bits per heavy atom. The molecule has 0 spiro atoms. The lowest BCUT2D eigenvalue weighted by atomic mass is 9.90. The Bertz CT molecular complexity index is 111. The molecule has 0 amide bonds. The molecule has 1 fully saturated rings. The quantitative estimate of drug-likeness (QED) is 0.357. The van der Waals surface area contributed by atoms with E-state index in [2.05, 4.69) is 24.6 Å². The molecule has 0 aromatic heterocycles. The van der Waals surface area contributed by atoms with Gasteiger partial charge in [-0.2, -0.15) is 0 Å². The molecule has 1 saturated heterocycles. The summed E-state index contributed by atoms with van der Waals surface area (Å²) in [5.41, 5.74) is 3.08. The van der Waals surface area contributed by atoms with Gasteiger partial charge < -0.3 is 5.32 Å². The van der Waals surface area contributed by atoms with E-state index in [1.54, 1.807) is 0 Å². The Morgan fingerprint density at radius 1 is 1.60 bits per heavy atom. The number of nitrogens with one attached hydrogen (secondary N) is 2. The summed E-state index contributed by atoms with van der Waals surface area (Å²) < 4.78 is 0. The lowest BCUT2D eigenvalue weighted by Gasteiger charge is -2.36. The molecule has 1 atom stereocenters. The Morgan fingerprint density at radius 3 is 2.70 bits per heavy atom. The highest BCUT2D eigenvalue weighted by Crippen LogP contribution is 2.17. The van der Waals surface area contributed by atoms with Crippen molar-refractivity contribution in [2.24, 2.45) is 5.84 Å². The maximum Gasteiger partial charge on any atom is 0.0239 e. The van der Waals surface area contributed by atoms with Crippen molar-refractivity contribution < 1.29 is 0 Å². The highest BCUT2D eigenvalue weighted by Gasteiger charge is 2.26. The number of hydrogen-bond donors (Lipinski definition) is 3. The molecule has 0 bridgehead atoms. The van der Waals surface area contributed by atoms with Crippen LogP contribution in [0.4, 0.5) is 0 Å². The lowest BCUT2D eigenvalue weighted by Crippen LogP contribution is -2.53. The van der Waals surface area contributed by atoms with Gasteiger partial charge in [0.25, 0.3) is 0 Å². The van der Waals surface area contributed by atoms with Crippen LogP contribution in [0.15, 0.2) is 0 Å². The summed E-state index contributed by atoms with van der Waals surface area (Å²) in [7, 11) is 0. The van der Waals surface area contributed by atoms with Crippen LogP contribution in [-0.2, 0) is 0 Å². The topological polar surface area (TPSA) is 50.1 Å². The molecule has 0 saturated carbocycles. The van der Waals surface area contributed by atoms with Gasteiger partial charge in [0.15, 0.2) is 0 Å². The van der Waals surface area contributed by atoms with Crippen molar-refractivity contribution >= 4 is 0 Å². The smallest absolute Gasteiger partial charge is 0.0239 e. The molecule has 0 aliphatic carbocycles. The molecule has 4 N–H and O–H groups in total. The normalized spacial score (nSPS) is 32.1. The number of rotatable bonds is 1. The zero-order valence-electron chi connectivity index (χ0n) is 6.78. The molecule has 1 unspecified atom stereocenters. The van der Waals surface area contributed by atoms with Crippen molar-refractivity contribution in [3.05, 3.63) is 0 Å². The van der Waals surface area contributed by atoms with Crippen molar-refractivity contribution in [2.45, 2.75) is 38.3 Å². The SMILES string of the molecule is CC1(C)CC(NN)CCN1. The predicted molar refractivity (Wildman–Crippen MR) is 42.4 cm³/mol. The molecule has 3 heteroatoms. The lowest BCUT2D eigenvalue weighted by molar-refractivity contribution is 0.250. The molecule has 60 valence electrons. The first kappa shape index (κ1) is 7.98. The third kappa shape index (κ3) is 1.94. The van der Waals surface area contributed by atoms with Crippen LogP contribution >= 0.6 is 0 Å². The molecule has 3 nitrogen and oxygen atoms in total. The maximum atomic E-state index is 5.35. The van der Waals surface area contributed by atoms with Gasteiger partial charge >= 0.3 is 0 Å². The molecule has 0 radical (unpaired) electrons. The van der Waals surface area contributed by atoms with Crippen LogP contribution in [-0.4, -0.2) is 18.1 Å². The third-order valence-electron chi connectivity index (χ3n) is 2.09. The molecule has 1 aliphatic rings. The summed E-state index contributed by atoms with van der Waals surface area (Å²) >= 11 is 0. The van der Waals surface area contributed by atoms with Gasteiger partial charge in [-0.3, -0.25) is 11.3 Å². The van der Waals surface area contributed by atoms with E-state index in [4.69, 9.17) is 5.84 Å².